The highest BCUT2D eigenvalue weighted by Crippen LogP contribution is 2.36. The van der Waals surface area contributed by atoms with E-state index >= 15 is 0 Å². The summed E-state index contributed by atoms with van der Waals surface area (Å²) in [5, 5.41) is 0.508. The Morgan fingerprint density at radius 3 is 3.06 bits per heavy atom. The second kappa shape index (κ2) is 4.33. The Bertz CT molecular complexity index is 452. The number of amidine groups is 1. The number of pyridine rings is 1. The SMILES string of the molecule is C[C@@]1(c2cc(Br)cnc2F)CCSC(N)=N1. The molecule has 2 heterocycles. The van der Waals surface area contributed by atoms with Crippen LogP contribution in [0.25, 0.3) is 0 Å². The Morgan fingerprint density at radius 1 is 1.62 bits per heavy atom. The number of aromatic nitrogens is 1. The van der Waals surface area contributed by atoms with E-state index in [1.165, 1.54) is 18.0 Å². The Labute approximate surface area is 106 Å². The second-order valence-corrected chi connectivity index (χ2v) is 5.85. The van der Waals surface area contributed by atoms with E-state index in [1.807, 2.05) is 6.92 Å². The molecule has 1 aromatic heterocycles. The first kappa shape index (κ1) is 11.9. The summed E-state index contributed by atoms with van der Waals surface area (Å²) in [5.41, 5.74) is 5.58. The van der Waals surface area contributed by atoms with Gasteiger partial charge in [0.2, 0.25) is 5.95 Å². The summed E-state index contributed by atoms with van der Waals surface area (Å²) in [4.78, 5) is 8.04. The number of rotatable bonds is 1. The third-order valence-corrected chi connectivity index (χ3v) is 3.81. The van der Waals surface area contributed by atoms with E-state index in [4.69, 9.17) is 5.73 Å². The molecular formula is C10H11BrFN3S. The van der Waals surface area contributed by atoms with Crippen LogP contribution in [0.5, 0.6) is 0 Å². The van der Waals surface area contributed by atoms with E-state index < -0.39 is 11.5 Å². The van der Waals surface area contributed by atoms with Gasteiger partial charge in [-0.3, -0.25) is 4.99 Å². The summed E-state index contributed by atoms with van der Waals surface area (Å²) < 4.78 is 14.4. The molecule has 6 heteroatoms. The van der Waals surface area contributed by atoms with Crippen molar-refractivity contribution < 1.29 is 4.39 Å². The zero-order chi connectivity index (χ0) is 11.8. The van der Waals surface area contributed by atoms with Crippen molar-refractivity contribution >= 4 is 32.9 Å². The molecule has 86 valence electrons. The molecule has 0 saturated heterocycles. The number of hydrogen-bond donors (Lipinski definition) is 1. The van der Waals surface area contributed by atoms with E-state index in [1.54, 1.807) is 6.07 Å². The number of aliphatic imine (C=N–C) groups is 1. The van der Waals surface area contributed by atoms with Crippen molar-refractivity contribution in [1.82, 2.24) is 4.98 Å². The van der Waals surface area contributed by atoms with Crippen LogP contribution in [0.3, 0.4) is 0 Å². The first-order valence-corrected chi connectivity index (χ1v) is 6.59. The molecule has 1 aliphatic heterocycles. The topological polar surface area (TPSA) is 51.3 Å². The Balaban J connectivity index is 2.50. The van der Waals surface area contributed by atoms with Gasteiger partial charge in [0.25, 0.3) is 0 Å². The highest BCUT2D eigenvalue weighted by atomic mass is 79.9. The molecule has 0 radical (unpaired) electrons. The van der Waals surface area contributed by atoms with Gasteiger partial charge < -0.3 is 5.73 Å². The average molecular weight is 304 g/mol. The lowest BCUT2D eigenvalue weighted by molar-refractivity contribution is 0.438. The van der Waals surface area contributed by atoms with Crippen molar-refractivity contribution in [3.8, 4) is 0 Å². The van der Waals surface area contributed by atoms with Crippen LogP contribution < -0.4 is 5.73 Å². The van der Waals surface area contributed by atoms with E-state index in [0.29, 0.717) is 10.7 Å². The van der Waals surface area contributed by atoms with Crippen LogP contribution in [0, 0.1) is 5.95 Å². The van der Waals surface area contributed by atoms with Crippen LogP contribution in [0.15, 0.2) is 21.7 Å². The van der Waals surface area contributed by atoms with Gasteiger partial charge in [-0.1, -0.05) is 11.8 Å². The third-order valence-electron chi connectivity index (χ3n) is 2.58. The van der Waals surface area contributed by atoms with Gasteiger partial charge in [-0.25, -0.2) is 4.98 Å². The molecule has 0 bridgehead atoms. The predicted octanol–water partition coefficient (Wildman–Crippen LogP) is 2.65. The highest BCUT2D eigenvalue weighted by Gasteiger charge is 2.32. The summed E-state index contributed by atoms with van der Waals surface area (Å²) >= 11 is 4.79. The van der Waals surface area contributed by atoms with Crippen LogP contribution >= 0.6 is 27.7 Å². The van der Waals surface area contributed by atoms with Gasteiger partial charge in [-0.15, -0.1) is 0 Å². The second-order valence-electron chi connectivity index (χ2n) is 3.81. The number of halogens is 2. The Kier molecular flexibility index (Phi) is 3.21. The maximum absolute atomic E-state index is 13.7. The lowest BCUT2D eigenvalue weighted by atomic mass is 9.91. The van der Waals surface area contributed by atoms with Crippen molar-refractivity contribution in [2.45, 2.75) is 18.9 Å². The minimum atomic E-state index is -0.601. The molecule has 3 nitrogen and oxygen atoms in total. The first-order valence-electron chi connectivity index (χ1n) is 4.81. The summed E-state index contributed by atoms with van der Waals surface area (Å²) in [7, 11) is 0. The fourth-order valence-corrected chi connectivity index (χ4v) is 2.99. The monoisotopic (exact) mass is 303 g/mol. The van der Waals surface area contributed by atoms with Gasteiger partial charge in [-0.05, 0) is 35.3 Å². The van der Waals surface area contributed by atoms with Crippen molar-refractivity contribution in [2.24, 2.45) is 10.7 Å². The molecule has 0 saturated carbocycles. The summed E-state index contributed by atoms with van der Waals surface area (Å²) in [6.45, 7) is 1.88. The molecule has 1 aromatic rings. The highest BCUT2D eigenvalue weighted by molar-refractivity contribution is 9.10. The van der Waals surface area contributed by atoms with E-state index in [2.05, 4.69) is 25.9 Å². The molecule has 2 N–H and O–H groups in total. The smallest absolute Gasteiger partial charge is 0.218 e. The quantitative estimate of drug-likeness (QED) is 0.812. The normalized spacial score (nSPS) is 25.3. The molecule has 0 amide bonds. The lowest BCUT2D eigenvalue weighted by Crippen LogP contribution is -2.30. The van der Waals surface area contributed by atoms with Gasteiger partial charge in [0.05, 0.1) is 5.54 Å². The summed E-state index contributed by atoms with van der Waals surface area (Å²) in [6, 6.07) is 1.72. The largest absolute Gasteiger partial charge is 0.379 e. The molecule has 0 aromatic carbocycles. The van der Waals surface area contributed by atoms with Gasteiger partial charge in [0.1, 0.15) is 0 Å². The number of nitrogens with two attached hydrogens (primary N) is 1. The number of hydrogen-bond acceptors (Lipinski definition) is 4. The summed E-state index contributed by atoms with van der Waals surface area (Å²) in [6.07, 6.45) is 2.19. The van der Waals surface area contributed by atoms with Crippen molar-refractivity contribution in [3.63, 3.8) is 0 Å². The molecule has 1 aliphatic rings. The molecular weight excluding hydrogens is 293 g/mol. The van der Waals surface area contributed by atoms with Crippen LogP contribution in [-0.2, 0) is 5.54 Å². The Morgan fingerprint density at radius 2 is 2.38 bits per heavy atom. The van der Waals surface area contributed by atoms with E-state index in [-0.39, 0.29) is 0 Å². The van der Waals surface area contributed by atoms with Crippen LogP contribution in [-0.4, -0.2) is 15.9 Å². The van der Waals surface area contributed by atoms with Crippen molar-refractivity contribution in [1.29, 1.82) is 0 Å². The number of nitrogens with zero attached hydrogens (tertiary/aromatic N) is 2. The Hall–Kier alpha value is -0.620. The number of thioether (sulfide) groups is 1. The van der Waals surface area contributed by atoms with Crippen molar-refractivity contribution in [2.75, 3.05) is 5.75 Å². The molecule has 16 heavy (non-hydrogen) atoms. The average Bonchev–Trinajstić information content (AvgIpc) is 2.21. The maximum atomic E-state index is 13.7. The van der Waals surface area contributed by atoms with Gasteiger partial charge in [-0.2, -0.15) is 4.39 Å². The minimum absolute atomic E-state index is 0.478. The minimum Gasteiger partial charge on any atom is -0.379 e. The first-order chi connectivity index (χ1) is 7.51. The molecule has 0 unspecified atom stereocenters. The zero-order valence-corrected chi connectivity index (χ0v) is 11.1. The van der Waals surface area contributed by atoms with Gasteiger partial charge in [0.15, 0.2) is 5.17 Å². The molecule has 1 atom stereocenters. The van der Waals surface area contributed by atoms with Gasteiger partial charge in [0, 0.05) is 22.0 Å². The van der Waals surface area contributed by atoms with Crippen LogP contribution in [0.2, 0.25) is 0 Å². The fraction of sp³-hybridized carbons (Fsp3) is 0.400. The maximum Gasteiger partial charge on any atom is 0.218 e. The molecule has 2 rings (SSSR count). The zero-order valence-electron chi connectivity index (χ0n) is 8.70. The third kappa shape index (κ3) is 2.22. The molecule has 0 fully saturated rings. The summed E-state index contributed by atoms with van der Waals surface area (Å²) in [5.74, 6) is 0.367. The van der Waals surface area contributed by atoms with Crippen LogP contribution in [0.4, 0.5) is 4.39 Å². The van der Waals surface area contributed by atoms with Crippen molar-refractivity contribution in [3.05, 3.63) is 28.2 Å². The lowest BCUT2D eigenvalue weighted by Gasteiger charge is -2.29. The van der Waals surface area contributed by atoms with E-state index in [9.17, 15) is 4.39 Å². The standard InChI is InChI=1S/C10H11BrFN3S/c1-10(2-3-16-9(13)15-10)7-4-6(11)5-14-8(7)12/h4-5H,2-3H2,1H3,(H2,13,15)/t10-/m0/s1. The molecule has 0 aliphatic carbocycles. The fourth-order valence-electron chi connectivity index (χ4n) is 1.68. The predicted molar refractivity (Wildman–Crippen MR) is 67.9 cm³/mol. The van der Waals surface area contributed by atoms with E-state index in [0.717, 1.165) is 16.6 Å². The van der Waals surface area contributed by atoms with Crippen LogP contribution in [0.1, 0.15) is 18.9 Å². The van der Waals surface area contributed by atoms with Gasteiger partial charge >= 0.3 is 0 Å². The molecule has 0 spiro atoms.